The van der Waals surface area contributed by atoms with Gasteiger partial charge in [-0.15, -0.1) is 0 Å². The number of aliphatic hydroxyl groups is 2. The van der Waals surface area contributed by atoms with Gasteiger partial charge in [-0.1, -0.05) is 152 Å². The third-order valence-electron chi connectivity index (χ3n) is 8.56. The summed E-state index contributed by atoms with van der Waals surface area (Å²) in [5.74, 6) is -1.04. The zero-order valence-electron chi connectivity index (χ0n) is 33.2. The number of rotatable bonds is 38. The van der Waals surface area contributed by atoms with E-state index in [1.54, 1.807) is 0 Å². The van der Waals surface area contributed by atoms with Crippen LogP contribution in [0.4, 0.5) is 0 Å². The van der Waals surface area contributed by atoms with E-state index in [2.05, 4.69) is 62.5 Å². The summed E-state index contributed by atoms with van der Waals surface area (Å²) in [6, 6.07) is 0. The fourth-order valence-electron chi connectivity index (χ4n) is 5.40. The van der Waals surface area contributed by atoms with Gasteiger partial charge >= 0.3 is 19.8 Å². The van der Waals surface area contributed by atoms with Gasteiger partial charge < -0.3 is 24.6 Å². The van der Waals surface area contributed by atoms with Gasteiger partial charge in [0.15, 0.2) is 0 Å². The van der Waals surface area contributed by atoms with Gasteiger partial charge in [0.25, 0.3) is 0 Å². The summed E-state index contributed by atoms with van der Waals surface area (Å²) in [5.41, 5.74) is 0. The summed E-state index contributed by atoms with van der Waals surface area (Å²) in [7, 11) is -4.64. The van der Waals surface area contributed by atoms with Gasteiger partial charge in [-0.2, -0.15) is 0 Å². The van der Waals surface area contributed by atoms with Crippen molar-refractivity contribution in [1.29, 1.82) is 0 Å². The van der Waals surface area contributed by atoms with Crippen molar-refractivity contribution in [3.63, 3.8) is 0 Å². The number of unbranched alkanes of at least 4 members (excludes halogenated alkanes) is 16. The molecule has 0 saturated heterocycles. The monoisotopic (exact) mass is 771 g/mol. The van der Waals surface area contributed by atoms with E-state index in [9.17, 15) is 29.3 Å². The molecule has 3 N–H and O–H groups in total. The van der Waals surface area contributed by atoms with E-state index in [-0.39, 0.29) is 12.8 Å². The first-order chi connectivity index (χ1) is 25.8. The molecule has 0 radical (unpaired) electrons. The fourth-order valence-corrected chi connectivity index (χ4v) is 6.18. The number of phosphoric acid groups is 1. The Morgan fingerprint density at radius 2 is 0.887 bits per heavy atom. The largest absolute Gasteiger partial charge is 0.472 e. The Balaban J connectivity index is 3.99. The Hall–Kier alpha value is -2.07. The lowest BCUT2D eigenvalue weighted by Crippen LogP contribution is -2.28. The lowest BCUT2D eigenvalue weighted by atomic mass is 10.0. The number of phosphoric ester groups is 1. The summed E-state index contributed by atoms with van der Waals surface area (Å²) < 4.78 is 32.5. The SMILES string of the molecule is CC/C=C\C/C=C\C/C=C\C/C=C\CCCCCCC(=O)OC(CO)COP(=O)(O)OCC(CO)OC(=O)CCCCCCCCCCCCCCC. The molecule has 0 spiro atoms. The minimum absolute atomic E-state index is 0.163. The molecule has 3 unspecified atom stereocenters. The second-order valence-electron chi connectivity index (χ2n) is 13.6. The van der Waals surface area contributed by atoms with Gasteiger partial charge in [-0.3, -0.25) is 18.6 Å². The molecule has 53 heavy (non-hydrogen) atoms. The van der Waals surface area contributed by atoms with Crippen LogP contribution >= 0.6 is 7.82 Å². The number of esters is 2. The lowest BCUT2D eigenvalue weighted by molar-refractivity contribution is -0.153. The van der Waals surface area contributed by atoms with Crippen molar-refractivity contribution in [2.45, 2.75) is 180 Å². The van der Waals surface area contributed by atoms with Gasteiger partial charge in [0, 0.05) is 12.8 Å². The highest BCUT2D eigenvalue weighted by Crippen LogP contribution is 2.43. The Morgan fingerprint density at radius 1 is 0.528 bits per heavy atom. The molecule has 0 heterocycles. The van der Waals surface area contributed by atoms with Crippen LogP contribution in [0.15, 0.2) is 48.6 Å². The van der Waals surface area contributed by atoms with Crippen molar-refractivity contribution in [3.8, 4) is 0 Å². The number of allylic oxidation sites excluding steroid dienone is 8. The summed E-state index contributed by atoms with van der Waals surface area (Å²) in [6.07, 6.45) is 39.4. The molecule has 0 fully saturated rings. The third-order valence-corrected chi connectivity index (χ3v) is 9.51. The van der Waals surface area contributed by atoms with Crippen molar-refractivity contribution in [2.24, 2.45) is 0 Å². The molecule has 0 aliphatic heterocycles. The molecule has 0 aromatic heterocycles. The van der Waals surface area contributed by atoms with Crippen LogP contribution in [-0.2, 0) is 32.7 Å². The fraction of sp³-hybridized carbons (Fsp3) is 0.762. The van der Waals surface area contributed by atoms with E-state index < -0.39 is 58.4 Å². The highest BCUT2D eigenvalue weighted by atomic mass is 31.2. The Morgan fingerprint density at radius 3 is 1.28 bits per heavy atom. The van der Waals surface area contributed by atoms with Gasteiger partial charge in [-0.25, -0.2) is 4.57 Å². The molecule has 308 valence electrons. The average Bonchev–Trinajstić information content (AvgIpc) is 3.14. The van der Waals surface area contributed by atoms with E-state index >= 15 is 0 Å². The molecular formula is C42H75O10P. The molecule has 0 rings (SSSR count). The molecule has 0 amide bonds. The Labute approximate surface area is 322 Å². The Kier molecular flexibility index (Phi) is 36.7. The maximum Gasteiger partial charge on any atom is 0.472 e. The van der Waals surface area contributed by atoms with E-state index in [0.717, 1.165) is 70.6 Å². The highest BCUT2D eigenvalue weighted by molar-refractivity contribution is 7.47. The van der Waals surface area contributed by atoms with Crippen LogP contribution in [0.2, 0.25) is 0 Å². The first-order valence-corrected chi connectivity index (χ1v) is 22.1. The summed E-state index contributed by atoms with van der Waals surface area (Å²) in [5, 5.41) is 19.1. The van der Waals surface area contributed by atoms with Crippen molar-refractivity contribution in [1.82, 2.24) is 0 Å². The summed E-state index contributed by atoms with van der Waals surface area (Å²) in [4.78, 5) is 34.4. The van der Waals surface area contributed by atoms with Crippen molar-refractivity contribution in [2.75, 3.05) is 26.4 Å². The van der Waals surface area contributed by atoms with Crippen LogP contribution in [0.1, 0.15) is 168 Å². The molecule has 0 aromatic rings. The molecule has 0 saturated carbocycles. The van der Waals surface area contributed by atoms with Gasteiger partial charge in [-0.05, 0) is 51.4 Å². The van der Waals surface area contributed by atoms with Crippen LogP contribution in [0.3, 0.4) is 0 Å². The number of aliphatic hydroxyl groups excluding tert-OH is 2. The van der Waals surface area contributed by atoms with E-state index in [1.807, 2.05) is 0 Å². The molecule has 10 nitrogen and oxygen atoms in total. The van der Waals surface area contributed by atoms with E-state index in [0.29, 0.717) is 12.8 Å². The minimum Gasteiger partial charge on any atom is -0.457 e. The number of ether oxygens (including phenoxy) is 2. The molecule has 0 bridgehead atoms. The number of carbonyl (C=O) groups is 2. The predicted octanol–water partition coefficient (Wildman–Crippen LogP) is 10.6. The van der Waals surface area contributed by atoms with E-state index in [4.69, 9.17) is 18.5 Å². The van der Waals surface area contributed by atoms with Gasteiger partial charge in [0.05, 0.1) is 26.4 Å². The molecular weight excluding hydrogens is 695 g/mol. The predicted molar refractivity (Wildman–Crippen MR) is 214 cm³/mol. The second kappa shape index (κ2) is 38.2. The molecule has 0 aliphatic carbocycles. The zero-order valence-corrected chi connectivity index (χ0v) is 34.1. The smallest absolute Gasteiger partial charge is 0.457 e. The molecule has 0 aliphatic rings. The van der Waals surface area contributed by atoms with Crippen LogP contribution in [0.25, 0.3) is 0 Å². The standard InChI is InChI=1S/C42H75O10P/c1-3-5-7-9-11-13-15-17-18-19-20-22-24-26-28-30-32-34-42(46)52-40(36-44)38-50-53(47,48)49-37-39(35-43)51-41(45)33-31-29-27-25-23-21-16-14-12-10-8-6-4-2/h5,7,11,13,17-18,20,22,39-40,43-44H,3-4,6,8-10,12,14-16,19,21,23-38H2,1-2H3,(H,47,48)/b7-5-,13-11-,18-17-,22-20-. The maximum absolute atomic E-state index is 12.3. The van der Waals surface area contributed by atoms with Crippen molar-refractivity contribution >= 4 is 19.8 Å². The van der Waals surface area contributed by atoms with Gasteiger partial charge in [0.1, 0.15) is 12.2 Å². The topological polar surface area (TPSA) is 149 Å². The lowest BCUT2D eigenvalue weighted by Gasteiger charge is -2.20. The van der Waals surface area contributed by atoms with Crippen LogP contribution in [0, 0.1) is 0 Å². The van der Waals surface area contributed by atoms with Crippen LogP contribution in [-0.4, -0.2) is 65.7 Å². The number of hydrogen-bond acceptors (Lipinski definition) is 9. The molecule has 11 heteroatoms. The quantitative estimate of drug-likeness (QED) is 0.0240. The Bertz CT molecular complexity index is 1030. The number of carbonyl (C=O) groups excluding carboxylic acids is 2. The zero-order chi connectivity index (χ0) is 39.1. The number of hydrogen-bond donors (Lipinski definition) is 3. The maximum atomic E-state index is 12.3. The highest BCUT2D eigenvalue weighted by Gasteiger charge is 2.27. The first kappa shape index (κ1) is 50.9. The summed E-state index contributed by atoms with van der Waals surface area (Å²) >= 11 is 0. The molecule has 0 aromatic carbocycles. The normalized spacial score (nSPS) is 14.4. The first-order valence-electron chi connectivity index (χ1n) is 20.6. The average molecular weight is 771 g/mol. The van der Waals surface area contributed by atoms with Crippen LogP contribution < -0.4 is 0 Å². The van der Waals surface area contributed by atoms with Gasteiger partial charge in [0.2, 0.25) is 0 Å². The second-order valence-corrected chi connectivity index (χ2v) is 15.0. The van der Waals surface area contributed by atoms with Crippen molar-refractivity contribution < 1.29 is 47.8 Å². The summed E-state index contributed by atoms with van der Waals surface area (Å²) in [6.45, 7) is 2.06. The third kappa shape index (κ3) is 36.7. The minimum atomic E-state index is -4.64. The van der Waals surface area contributed by atoms with Crippen LogP contribution in [0.5, 0.6) is 0 Å². The van der Waals surface area contributed by atoms with E-state index in [1.165, 1.54) is 57.8 Å². The van der Waals surface area contributed by atoms with Crippen molar-refractivity contribution in [3.05, 3.63) is 48.6 Å². The molecule has 3 atom stereocenters.